The summed E-state index contributed by atoms with van der Waals surface area (Å²) in [5.74, 6) is 0.299. The highest BCUT2D eigenvalue weighted by Gasteiger charge is 2.01. The van der Waals surface area contributed by atoms with Gasteiger partial charge in [0, 0.05) is 11.4 Å². The molecule has 1 aromatic carbocycles. The maximum Gasteiger partial charge on any atom is 0.0599 e. The molecule has 4 heteroatoms. The lowest BCUT2D eigenvalue weighted by molar-refractivity contribution is 0.757. The largest absolute Gasteiger partial charge is 0.402 e. The maximum absolute atomic E-state index is 5.92. The maximum atomic E-state index is 5.92. The molecule has 17 heavy (non-hydrogen) atoms. The van der Waals surface area contributed by atoms with Gasteiger partial charge in [-0.2, -0.15) is 0 Å². The van der Waals surface area contributed by atoms with Crippen molar-refractivity contribution in [2.45, 2.75) is 13.8 Å². The molecular weight excluding hydrogens is 255 g/mol. The normalized spacial score (nSPS) is 13.2. The van der Waals surface area contributed by atoms with Gasteiger partial charge < -0.3 is 11.5 Å². The van der Waals surface area contributed by atoms with E-state index in [1.807, 2.05) is 26.0 Å². The monoisotopic (exact) mass is 270 g/mol. The van der Waals surface area contributed by atoms with Gasteiger partial charge in [-0.1, -0.05) is 43.1 Å². The molecule has 0 unspecified atom stereocenters. The van der Waals surface area contributed by atoms with Gasteiger partial charge in [0.1, 0.15) is 0 Å². The van der Waals surface area contributed by atoms with E-state index in [9.17, 15) is 0 Å². The summed E-state index contributed by atoms with van der Waals surface area (Å²) >= 11 is 11.7. The number of halogens is 2. The summed E-state index contributed by atoms with van der Waals surface area (Å²) in [4.78, 5) is 0. The predicted octanol–water partition coefficient (Wildman–Crippen LogP) is 3.79. The molecular formula is C13H16Cl2N2. The smallest absolute Gasteiger partial charge is 0.0599 e. The van der Waals surface area contributed by atoms with E-state index < -0.39 is 0 Å². The van der Waals surface area contributed by atoms with Gasteiger partial charge in [0.05, 0.1) is 10.0 Å². The van der Waals surface area contributed by atoms with E-state index in [-0.39, 0.29) is 0 Å². The minimum absolute atomic E-state index is 0.299. The fourth-order valence-corrected chi connectivity index (χ4v) is 1.45. The summed E-state index contributed by atoms with van der Waals surface area (Å²) in [5, 5.41) is 1.00. The Labute approximate surface area is 112 Å². The molecule has 0 amide bonds. The number of benzene rings is 1. The summed E-state index contributed by atoms with van der Waals surface area (Å²) < 4.78 is 0. The van der Waals surface area contributed by atoms with Crippen LogP contribution in [0, 0.1) is 5.92 Å². The average molecular weight is 271 g/mol. The van der Waals surface area contributed by atoms with Gasteiger partial charge in [-0.05, 0) is 35.8 Å². The second kappa shape index (κ2) is 5.99. The molecule has 0 heterocycles. The van der Waals surface area contributed by atoms with E-state index in [1.165, 1.54) is 0 Å². The first-order valence-corrected chi connectivity index (χ1v) is 6.05. The molecule has 0 fully saturated rings. The van der Waals surface area contributed by atoms with E-state index in [1.54, 1.807) is 18.2 Å². The summed E-state index contributed by atoms with van der Waals surface area (Å²) in [6.45, 7) is 4.05. The number of hydrogen-bond acceptors (Lipinski definition) is 2. The van der Waals surface area contributed by atoms with Crippen LogP contribution in [0.4, 0.5) is 0 Å². The van der Waals surface area contributed by atoms with Gasteiger partial charge in [0.2, 0.25) is 0 Å². The molecule has 1 rings (SSSR count). The van der Waals surface area contributed by atoms with Crippen molar-refractivity contribution in [3.63, 3.8) is 0 Å². The van der Waals surface area contributed by atoms with Crippen LogP contribution < -0.4 is 11.5 Å². The molecule has 0 atom stereocenters. The Morgan fingerprint density at radius 3 is 2.29 bits per heavy atom. The van der Waals surface area contributed by atoms with E-state index in [2.05, 4.69) is 0 Å². The minimum Gasteiger partial charge on any atom is -0.402 e. The molecule has 1 aromatic rings. The molecule has 0 spiro atoms. The quantitative estimate of drug-likeness (QED) is 0.822. The lowest BCUT2D eigenvalue weighted by atomic mass is 10.1. The molecule has 0 radical (unpaired) electrons. The molecule has 0 aromatic heterocycles. The number of rotatable bonds is 3. The van der Waals surface area contributed by atoms with Crippen LogP contribution in [-0.4, -0.2) is 0 Å². The van der Waals surface area contributed by atoms with Gasteiger partial charge in [0.15, 0.2) is 0 Å². The second-order valence-electron chi connectivity index (χ2n) is 4.07. The Hall–Kier alpha value is -1.12. The molecule has 0 aliphatic heterocycles. The zero-order valence-corrected chi connectivity index (χ0v) is 11.4. The van der Waals surface area contributed by atoms with Crippen molar-refractivity contribution in [3.05, 3.63) is 51.7 Å². The van der Waals surface area contributed by atoms with Crippen molar-refractivity contribution >= 4 is 28.9 Å². The van der Waals surface area contributed by atoms with Crippen LogP contribution in [0.15, 0.2) is 36.0 Å². The standard InChI is InChI=1S/C13H16Cl2N2/c1-8(2)12(16)5-6-13(17)9-3-4-10(14)11(15)7-9/h3-8H,16-17H2,1-2H3/b12-5-,13-6-. The van der Waals surface area contributed by atoms with Crippen molar-refractivity contribution in [3.8, 4) is 0 Å². The van der Waals surface area contributed by atoms with Crippen LogP contribution in [0.25, 0.3) is 5.70 Å². The molecule has 92 valence electrons. The number of allylic oxidation sites excluding steroid dienone is 3. The SMILES string of the molecule is CC(C)/C(N)=C/C=C(\N)c1ccc(Cl)c(Cl)c1. The van der Waals surface area contributed by atoms with Gasteiger partial charge in [0.25, 0.3) is 0 Å². The van der Waals surface area contributed by atoms with Crippen molar-refractivity contribution < 1.29 is 0 Å². The lowest BCUT2D eigenvalue weighted by Crippen LogP contribution is -2.04. The topological polar surface area (TPSA) is 52.0 Å². The number of hydrogen-bond donors (Lipinski definition) is 2. The fourth-order valence-electron chi connectivity index (χ4n) is 1.15. The van der Waals surface area contributed by atoms with Crippen LogP contribution in [0.2, 0.25) is 10.0 Å². The van der Waals surface area contributed by atoms with Crippen molar-refractivity contribution in [2.24, 2.45) is 17.4 Å². The van der Waals surface area contributed by atoms with Gasteiger partial charge in [-0.15, -0.1) is 0 Å². The molecule has 0 saturated heterocycles. The zero-order chi connectivity index (χ0) is 13.0. The summed E-state index contributed by atoms with van der Waals surface area (Å²) in [5.41, 5.74) is 13.9. The molecule has 4 N–H and O–H groups in total. The minimum atomic E-state index is 0.299. The highest BCUT2D eigenvalue weighted by Crippen LogP contribution is 2.24. The van der Waals surface area contributed by atoms with E-state index in [4.69, 9.17) is 34.7 Å². The third-order valence-electron chi connectivity index (χ3n) is 2.37. The van der Waals surface area contributed by atoms with Gasteiger partial charge in [-0.3, -0.25) is 0 Å². The van der Waals surface area contributed by atoms with Crippen LogP contribution in [0.3, 0.4) is 0 Å². The summed E-state index contributed by atoms with van der Waals surface area (Å²) in [7, 11) is 0. The Balaban J connectivity index is 2.96. The van der Waals surface area contributed by atoms with Crippen LogP contribution in [0.1, 0.15) is 19.4 Å². The van der Waals surface area contributed by atoms with Crippen molar-refractivity contribution in [2.75, 3.05) is 0 Å². The first-order valence-electron chi connectivity index (χ1n) is 5.30. The van der Waals surface area contributed by atoms with E-state index in [0.29, 0.717) is 21.7 Å². The Bertz CT molecular complexity index is 462. The Kier molecular flexibility index (Phi) is 4.91. The van der Waals surface area contributed by atoms with Crippen molar-refractivity contribution in [1.29, 1.82) is 0 Å². The van der Waals surface area contributed by atoms with Crippen LogP contribution in [-0.2, 0) is 0 Å². The highest BCUT2D eigenvalue weighted by atomic mass is 35.5. The van der Waals surface area contributed by atoms with Crippen LogP contribution >= 0.6 is 23.2 Å². The van der Waals surface area contributed by atoms with E-state index in [0.717, 1.165) is 11.3 Å². The molecule has 0 aliphatic rings. The van der Waals surface area contributed by atoms with Gasteiger partial charge in [-0.25, -0.2) is 0 Å². The van der Waals surface area contributed by atoms with E-state index >= 15 is 0 Å². The average Bonchev–Trinajstić information content (AvgIpc) is 2.28. The molecule has 0 aliphatic carbocycles. The lowest BCUT2D eigenvalue weighted by Gasteiger charge is -2.05. The second-order valence-corrected chi connectivity index (χ2v) is 4.89. The Morgan fingerprint density at radius 2 is 1.76 bits per heavy atom. The Morgan fingerprint density at radius 1 is 1.12 bits per heavy atom. The first-order chi connectivity index (χ1) is 7.91. The third kappa shape index (κ3) is 3.99. The molecule has 2 nitrogen and oxygen atoms in total. The molecule has 0 saturated carbocycles. The summed E-state index contributed by atoms with van der Waals surface area (Å²) in [6.07, 6.45) is 3.58. The van der Waals surface area contributed by atoms with Crippen LogP contribution in [0.5, 0.6) is 0 Å². The first kappa shape index (κ1) is 13.9. The molecule has 0 bridgehead atoms. The van der Waals surface area contributed by atoms with Crippen molar-refractivity contribution in [1.82, 2.24) is 0 Å². The fraction of sp³-hybridized carbons (Fsp3) is 0.231. The third-order valence-corrected chi connectivity index (χ3v) is 3.11. The van der Waals surface area contributed by atoms with Gasteiger partial charge >= 0.3 is 0 Å². The summed E-state index contributed by atoms with van der Waals surface area (Å²) in [6, 6.07) is 5.27. The predicted molar refractivity (Wildman–Crippen MR) is 75.7 cm³/mol. The number of nitrogens with two attached hydrogens (primary N) is 2. The highest BCUT2D eigenvalue weighted by molar-refractivity contribution is 6.42. The zero-order valence-electron chi connectivity index (χ0n) is 9.87.